The molecule has 0 N–H and O–H groups in total. The normalized spacial score (nSPS) is 19.6. The van der Waals surface area contributed by atoms with Crippen LogP contribution < -0.4 is 0 Å². The maximum atomic E-state index is 1.57. The summed E-state index contributed by atoms with van der Waals surface area (Å²) in [7, 11) is 0. The first-order chi connectivity index (χ1) is 3.39. The zero-order valence-corrected chi connectivity index (χ0v) is 11.8. The van der Waals surface area contributed by atoms with Gasteiger partial charge in [-0.2, -0.15) is 0 Å². The van der Waals surface area contributed by atoms with E-state index < -0.39 is 0 Å². The molecular weight excluding hydrogens is 213 g/mol. The molecule has 0 aromatic carbocycles. The topological polar surface area (TPSA) is 0 Å². The molecule has 0 radical (unpaired) electrons. The van der Waals surface area contributed by atoms with E-state index in [9.17, 15) is 0 Å². The first-order valence-corrected chi connectivity index (χ1v) is 5.82. The molecule has 1 saturated carbocycles. The van der Waals surface area contributed by atoms with Crippen molar-refractivity contribution in [2.75, 3.05) is 0 Å². The van der Waals surface area contributed by atoms with Crippen LogP contribution in [-0.4, -0.2) is 18.6 Å². The van der Waals surface area contributed by atoms with Crippen molar-refractivity contribution in [2.45, 2.75) is 36.6 Å². The minimum atomic E-state index is 0. The molecule has 0 aromatic heterocycles. The zero-order valence-electron chi connectivity index (χ0n) is 5.93. The molecule has 0 nitrogen and oxygen atoms in total. The second kappa shape index (κ2) is 7.32. The Labute approximate surface area is 79.9 Å². The second-order valence-electron chi connectivity index (χ2n) is 2.74. The van der Waals surface area contributed by atoms with Crippen LogP contribution in [0.4, 0.5) is 0 Å². The van der Waals surface area contributed by atoms with Crippen molar-refractivity contribution in [3.05, 3.63) is 0 Å². The summed E-state index contributed by atoms with van der Waals surface area (Å²) in [5, 5.41) is 0. The predicted molar refractivity (Wildman–Crippen MR) is 49.9 cm³/mol. The fourth-order valence-corrected chi connectivity index (χ4v) is 3.02. The third-order valence-corrected chi connectivity index (χ3v) is 4.32. The van der Waals surface area contributed by atoms with Gasteiger partial charge in [-0.15, -0.1) is 24.8 Å². The van der Waals surface area contributed by atoms with E-state index in [1.165, 1.54) is 23.7 Å². The molecule has 1 aliphatic carbocycles. The summed E-state index contributed by atoms with van der Waals surface area (Å²) in [5.41, 5.74) is 0. The van der Waals surface area contributed by atoms with Crippen LogP contribution in [0, 0.1) is 0 Å². The average Bonchev–Trinajstić information content (AvgIpc) is 1.69. The fraction of sp³-hybridized carbons (Fsp3) is 1.00. The Morgan fingerprint density at radius 1 is 0.889 bits per heavy atom. The van der Waals surface area contributed by atoms with Gasteiger partial charge in [0, 0.05) is 0 Å². The zero-order chi connectivity index (χ0) is 5.11. The standard InChI is InChI=1S/C6H11.2ClH.Ga.2H/c1-2-4-6-5-3-1;;;;;/h1H,2-6H2;2*1H;;;. The summed E-state index contributed by atoms with van der Waals surface area (Å²) in [4.78, 5) is 0. The number of halogens is 2. The quantitative estimate of drug-likeness (QED) is 0.557. The molecule has 0 bridgehead atoms. The van der Waals surface area contributed by atoms with E-state index in [1.807, 2.05) is 0 Å². The van der Waals surface area contributed by atoms with Crippen LogP contribution in [0.1, 0.15) is 32.1 Å². The van der Waals surface area contributed by atoms with Gasteiger partial charge in [0.15, 0.2) is 0 Å². The van der Waals surface area contributed by atoms with Gasteiger partial charge in [0.05, 0.1) is 0 Å². The van der Waals surface area contributed by atoms with Crippen molar-refractivity contribution >= 4 is 43.4 Å². The van der Waals surface area contributed by atoms with Gasteiger partial charge in [-0.3, -0.25) is 0 Å². The summed E-state index contributed by atoms with van der Waals surface area (Å²) >= 11 is 1.13. The van der Waals surface area contributed by atoms with Gasteiger partial charge in [-0.1, -0.05) is 0 Å². The molecule has 0 heterocycles. The van der Waals surface area contributed by atoms with Crippen LogP contribution >= 0.6 is 24.8 Å². The third kappa shape index (κ3) is 5.65. The maximum absolute atomic E-state index is 1.57. The summed E-state index contributed by atoms with van der Waals surface area (Å²) in [6, 6.07) is 0. The molecule has 56 valence electrons. The number of rotatable bonds is 0. The Balaban J connectivity index is 0. The summed E-state index contributed by atoms with van der Waals surface area (Å²) < 4.78 is 1.22. The van der Waals surface area contributed by atoms with E-state index in [0.29, 0.717) is 0 Å². The molecule has 0 aromatic rings. The second-order valence-corrected chi connectivity index (χ2v) is 6.17. The molecule has 1 fully saturated rings. The number of hydrogen-bond donors (Lipinski definition) is 0. The van der Waals surface area contributed by atoms with Crippen LogP contribution in [-0.2, 0) is 0 Å². The molecule has 0 aliphatic heterocycles. The first-order valence-electron chi connectivity index (χ1n) is 3.39. The molecule has 9 heavy (non-hydrogen) atoms. The van der Waals surface area contributed by atoms with Gasteiger partial charge in [0.1, 0.15) is 0 Å². The molecular formula is C6H15Cl2Ga. The molecule has 0 saturated heterocycles. The van der Waals surface area contributed by atoms with Gasteiger partial charge in [-0.05, 0) is 0 Å². The van der Waals surface area contributed by atoms with Gasteiger partial charge >= 0.3 is 55.2 Å². The molecule has 0 unspecified atom stereocenters. The Morgan fingerprint density at radius 3 is 1.56 bits per heavy atom. The van der Waals surface area contributed by atoms with Crippen LogP contribution in [0.2, 0.25) is 4.47 Å². The van der Waals surface area contributed by atoms with Crippen LogP contribution in [0.25, 0.3) is 0 Å². The third-order valence-electron chi connectivity index (χ3n) is 1.89. The van der Waals surface area contributed by atoms with Crippen molar-refractivity contribution in [1.82, 2.24) is 0 Å². The molecule has 1 rings (SSSR count). The minimum absolute atomic E-state index is 0. The summed E-state index contributed by atoms with van der Waals surface area (Å²) in [6.45, 7) is 0. The summed E-state index contributed by atoms with van der Waals surface area (Å²) in [5.74, 6) is 0. The van der Waals surface area contributed by atoms with Gasteiger partial charge < -0.3 is 0 Å². The van der Waals surface area contributed by atoms with Gasteiger partial charge in [0.25, 0.3) is 0 Å². The Kier molecular flexibility index (Phi) is 10.5. The molecule has 3 heteroatoms. The fourth-order valence-electron chi connectivity index (χ4n) is 1.31. The molecule has 0 spiro atoms. The van der Waals surface area contributed by atoms with E-state index in [0.717, 1.165) is 18.6 Å². The molecule has 0 atom stereocenters. The van der Waals surface area contributed by atoms with Crippen molar-refractivity contribution in [3.8, 4) is 0 Å². The van der Waals surface area contributed by atoms with Crippen molar-refractivity contribution in [2.24, 2.45) is 0 Å². The van der Waals surface area contributed by atoms with Crippen molar-refractivity contribution < 1.29 is 0 Å². The average molecular weight is 228 g/mol. The van der Waals surface area contributed by atoms with Crippen LogP contribution in [0.15, 0.2) is 0 Å². The molecule has 1 aliphatic rings. The molecule has 0 amide bonds. The van der Waals surface area contributed by atoms with Crippen LogP contribution in [0.5, 0.6) is 0 Å². The SMILES string of the molecule is Cl.Cl.[GaH2][CH]1CCCCC1. The van der Waals surface area contributed by atoms with Gasteiger partial charge in [-0.25, -0.2) is 0 Å². The Morgan fingerprint density at radius 2 is 1.33 bits per heavy atom. The predicted octanol–water partition coefficient (Wildman–Crippen LogP) is 2.22. The van der Waals surface area contributed by atoms with E-state index >= 15 is 0 Å². The van der Waals surface area contributed by atoms with Crippen LogP contribution in [0.3, 0.4) is 0 Å². The Bertz CT molecular complexity index is 53.0. The summed E-state index contributed by atoms with van der Waals surface area (Å²) in [6.07, 6.45) is 7.73. The van der Waals surface area contributed by atoms with Crippen molar-refractivity contribution in [1.29, 1.82) is 0 Å². The number of hydrogen-bond acceptors (Lipinski definition) is 0. The van der Waals surface area contributed by atoms with E-state index in [-0.39, 0.29) is 24.8 Å². The van der Waals surface area contributed by atoms with E-state index in [4.69, 9.17) is 0 Å². The monoisotopic (exact) mass is 226 g/mol. The van der Waals surface area contributed by atoms with E-state index in [1.54, 1.807) is 12.8 Å². The Hall–Kier alpha value is 1.22. The van der Waals surface area contributed by atoms with E-state index in [2.05, 4.69) is 0 Å². The van der Waals surface area contributed by atoms with Gasteiger partial charge in [0.2, 0.25) is 0 Å². The first kappa shape index (κ1) is 12.9. The van der Waals surface area contributed by atoms with Crippen molar-refractivity contribution in [3.63, 3.8) is 0 Å².